The molecule has 1 heterocycles. The molecule has 0 spiro atoms. The fourth-order valence-electron chi connectivity index (χ4n) is 4.80. The summed E-state index contributed by atoms with van der Waals surface area (Å²) in [6, 6.07) is 8.04. The molecular weight excluding hydrogens is 315 g/mol. The summed E-state index contributed by atoms with van der Waals surface area (Å²) in [5.74, 6) is -0.357. The van der Waals surface area contributed by atoms with Crippen LogP contribution in [0.25, 0.3) is 0 Å². The zero-order valence-electron chi connectivity index (χ0n) is 15.2. The molecule has 0 amide bonds. The molecule has 1 N–H and O–H groups in total. The van der Waals surface area contributed by atoms with E-state index in [1.807, 2.05) is 32.0 Å². The van der Waals surface area contributed by atoms with Gasteiger partial charge in [-0.1, -0.05) is 49.2 Å². The number of rotatable bonds is 1. The maximum absolute atomic E-state index is 14.7. The number of aromatic nitrogens is 2. The van der Waals surface area contributed by atoms with Crippen molar-refractivity contribution in [2.45, 2.75) is 52.4 Å². The van der Waals surface area contributed by atoms with Crippen molar-refractivity contribution >= 4 is 5.78 Å². The number of Topliss-reactive ketones (excluding diaryl/α,β-unsaturated/α-hetero) is 1. The first-order valence-electron chi connectivity index (χ1n) is 8.78. The Morgan fingerprint density at radius 1 is 1.20 bits per heavy atom. The molecule has 0 radical (unpaired) electrons. The molecule has 2 aliphatic rings. The van der Waals surface area contributed by atoms with Crippen molar-refractivity contribution in [1.82, 2.24) is 10.2 Å². The number of H-pyrrole nitrogens is 1. The summed E-state index contributed by atoms with van der Waals surface area (Å²) >= 11 is 0. The van der Waals surface area contributed by atoms with Crippen LogP contribution >= 0.6 is 0 Å². The molecular formula is C21H23FN2O. The van der Waals surface area contributed by atoms with Gasteiger partial charge >= 0.3 is 0 Å². The molecule has 1 aromatic carbocycles. The van der Waals surface area contributed by atoms with Gasteiger partial charge in [-0.2, -0.15) is 4.39 Å². The van der Waals surface area contributed by atoms with Crippen LogP contribution in [0.5, 0.6) is 0 Å². The summed E-state index contributed by atoms with van der Waals surface area (Å²) in [5, 5.41) is 6.70. The van der Waals surface area contributed by atoms with Crippen molar-refractivity contribution in [1.29, 1.82) is 0 Å². The van der Waals surface area contributed by atoms with Gasteiger partial charge in [-0.15, -0.1) is 5.10 Å². The van der Waals surface area contributed by atoms with Gasteiger partial charge in [0.25, 0.3) is 0 Å². The van der Waals surface area contributed by atoms with Crippen molar-refractivity contribution in [2.24, 2.45) is 5.41 Å². The monoisotopic (exact) mass is 338 g/mol. The summed E-state index contributed by atoms with van der Waals surface area (Å²) in [7, 11) is 0. The van der Waals surface area contributed by atoms with E-state index in [9.17, 15) is 9.18 Å². The van der Waals surface area contributed by atoms with Crippen molar-refractivity contribution in [2.75, 3.05) is 0 Å². The molecule has 1 unspecified atom stereocenters. The summed E-state index contributed by atoms with van der Waals surface area (Å²) in [6.07, 6.45) is 1.94. The Morgan fingerprint density at radius 2 is 1.96 bits per heavy atom. The molecule has 1 atom stereocenters. The van der Waals surface area contributed by atoms with Gasteiger partial charge in [0.1, 0.15) is 0 Å². The van der Waals surface area contributed by atoms with Crippen LogP contribution in [0.1, 0.15) is 56.0 Å². The van der Waals surface area contributed by atoms with E-state index < -0.39 is 11.4 Å². The number of allylic oxidation sites excluding steroid dienone is 2. The Morgan fingerprint density at radius 3 is 2.68 bits per heavy atom. The van der Waals surface area contributed by atoms with Crippen molar-refractivity contribution in [3.05, 3.63) is 63.7 Å². The normalized spacial score (nSPS) is 24.9. The largest absolute Gasteiger partial charge is 0.294 e. The zero-order valence-corrected chi connectivity index (χ0v) is 15.2. The number of nitrogens with one attached hydrogen (secondary N) is 1. The van der Waals surface area contributed by atoms with Crippen LogP contribution in [0.15, 0.2) is 35.4 Å². The van der Waals surface area contributed by atoms with Crippen molar-refractivity contribution in [3.63, 3.8) is 0 Å². The van der Waals surface area contributed by atoms with E-state index in [4.69, 9.17) is 0 Å². The molecule has 4 heteroatoms. The second-order valence-electron chi connectivity index (χ2n) is 8.46. The molecule has 0 saturated heterocycles. The van der Waals surface area contributed by atoms with Crippen LogP contribution < -0.4 is 0 Å². The predicted molar refractivity (Wildman–Crippen MR) is 94.9 cm³/mol. The lowest BCUT2D eigenvalue weighted by molar-refractivity contribution is -0.118. The molecule has 0 saturated carbocycles. The number of nitrogens with zero attached hydrogens (tertiary/aromatic N) is 1. The molecule has 1 aromatic heterocycles. The Balaban J connectivity index is 2.03. The first-order chi connectivity index (χ1) is 11.7. The van der Waals surface area contributed by atoms with Crippen LogP contribution in [0, 0.1) is 18.3 Å². The van der Waals surface area contributed by atoms with Crippen LogP contribution in [0.2, 0.25) is 0 Å². The fraction of sp³-hybridized carbons (Fsp3) is 0.429. The summed E-state index contributed by atoms with van der Waals surface area (Å²) in [6.45, 7) is 8.25. The summed E-state index contributed by atoms with van der Waals surface area (Å²) in [5.41, 5.74) is 4.44. The first kappa shape index (κ1) is 16.2. The minimum absolute atomic E-state index is 0.0561. The zero-order chi connectivity index (χ0) is 18.0. The third-order valence-corrected chi connectivity index (χ3v) is 5.75. The maximum atomic E-state index is 14.7. The number of aryl methyl sites for hydroxylation is 1. The van der Waals surface area contributed by atoms with Gasteiger partial charge in [0.05, 0.1) is 5.41 Å². The van der Waals surface area contributed by atoms with Crippen LogP contribution in [-0.2, 0) is 16.6 Å². The molecule has 0 bridgehead atoms. The van der Waals surface area contributed by atoms with E-state index in [-0.39, 0.29) is 11.2 Å². The maximum Gasteiger partial charge on any atom is 0.237 e. The average molecular weight is 338 g/mol. The molecule has 0 fully saturated rings. The molecule has 4 rings (SSSR count). The van der Waals surface area contributed by atoms with Gasteiger partial charge in [0.2, 0.25) is 5.95 Å². The molecule has 3 nitrogen and oxygen atoms in total. The van der Waals surface area contributed by atoms with E-state index >= 15 is 0 Å². The van der Waals surface area contributed by atoms with Crippen LogP contribution in [-0.4, -0.2) is 16.0 Å². The van der Waals surface area contributed by atoms with Gasteiger partial charge in [-0.3, -0.25) is 9.89 Å². The minimum Gasteiger partial charge on any atom is -0.294 e. The predicted octanol–water partition coefficient (Wildman–Crippen LogP) is 4.41. The van der Waals surface area contributed by atoms with Crippen molar-refractivity contribution < 1.29 is 9.18 Å². The quantitative estimate of drug-likeness (QED) is 0.837. The van der Waals surface area contributed by atoms with Gasteiger partial charge in [-0.25, -0.2) is 0 Å². The first-order valence-corrected chi connectivity index (χ1v) is 8.78. The number of benzene rings is 1. The second kappa shape index (κ2) is 5.13. The molecule has 0 aliphatic heterocycles. The average Bonchev–Trinajstić information content (AvgIpc) is 2.87. The highest BCUT2D eigenvalue weighted by atomic mass is 19.1. The van der Waals surface area contributed by atoms with Gasteiger partial charge < -0.3 is 0 Å². The number of hydrogen-bond acceptors (Lipinski definition) is 2. The minimum atomic E-state index is -0.792. The SMILES string of the molecule is Cc1cccc(C2(C)C3=C(Cc4[nH]nc(F)c42)CC(C)(C)CC3=O)c1. The van der Waals surface area contributed by atoms with Crippen molar-refractivity contribution in [3.8, 4) is 0 Å². The van der Waals surface area contributed by atoms with E-state index in [0.717, 1.165) is 34.4 Å². The Bertz CT molecular complexity index is 922. The van der Waals surface area contributed by atoms with Gasteiger partial charge in [0.15, 0.2) is 5.78 Å². The molecule has 2 aliphatic carbocycles. The number of fused-ring (bicyclic) bond motifs is 1. The second-order valence-corrected chi connectivity index (χ2v) is 8.46. The van der Waals surface area contributed by atoms with Gasteiger partial charge in [0, 0.05) is 29.7 Å². The number of carbonyl (C=O) groups is 1. The lowest BCUT2D eigenvalue weighted by Gasteiger charge is -2.43. The van der Waals surface area contributed by atoms with Gasteiger partial charge in [-0.05, 0) is 31.2 Å². The number of aromatic amines is 1. The summed E-state index contributed by atoms with van der Waals surface area (Å²) in [4.78, 5) is 13.2. The smallest absolute Gasteiger partial charge is 0.237 e. The lowest BCUT2D eigenvalue weighted by Crippen LogP contribution is -2.41. The molecule has 2 aromatic rings. The third-order valence-electron chi connectivity index (χ3n) is 5.75. The van der Waals surface area contributed by atoms with E-state index in [1.54, 1.807) is 0 Å². The Labute approximate surface area is 147 Å². The Hall–Kier alpha value is -2.23. The van der Waals surface area contributed by atoms with Crippen LogP contribution in [0.3, 0.4) is 0 Å². The number of carbonyl (C=O) groups excluding carboxylic acids is 1. The highest BCUT2D eigenvalue weighted by Gasteiger charge is 2.49. The van der Waals surface area contributed by atoms with Crippen LogP contribution in [0.4, 0.5) is 4.39 Å². The third kappa shape index (κ3) is 2.30. The fourth-order valence-corrected chi connectivity index (χ4v) is 4.80. The standard InChI is InChI=1S/C21H23FN2O/c1-12-6-5-7-14(8-12)21(4)17-13(10-20(2,3)11-16(17)25)9-15-18(21)19(22)24-23-15/h5-8H,9-11H2,1-4H3,(H,23,24). The van der Waals surface area contributed by atoms with E-state index in [2.05, 4.69) is 30.1 Å². The number of halogens is 1. The lowest BCUT2D eigenvalue weighted by atomic mass is 9.58. The topological polar surface area (TPSA) is 45.8 Å². The number of hydrogen-bond donors (Lipinski definition) is 1. The van der Waals surface area contributed by atoms with E-state index in [0.29, 0.717) is 18.4 Å². The summed E-state index contributed by atoms with van der Waals surface area (Å²) < 4.78 is 14.7. The highest BCUT2D eigenvalue weighted by Crippen LogP contribution is 2.52. The van der Waals surface area contributed by atoms with E-state index in [1.165, 1.54) is 0 Å². The number of ketones is 1. The molecule has 25 heavy (non-hydrogen) atoms. The molecule has 130 valence electrons. The highest BCUT2D eigenvalue weighted by molar-refractivity contribution is 6.01. The Kier molecular flexibility index (Phi) is 3.34.